The monoisotopic (exact) mass is 247 g/mol. The van der Waals surface area contributed by atoms with Gasteiger partial charge in [-0.3, -0.25) is 4.68 Å². The van der Waals surface area contributed by atoms with Gasteiger partial charge in [-0.2, -0.15) is 5.10 Å². The van der Waals surface area contributed by atoms with Gasteiger partial charge in [0.2, 0.25) is 0 Å². The first-order valence-electron chi connectivity index (χ1n) is 6.11. The number of nitrogens with zero attached hydrogens (tertiary/aromatic N) is 2. The number of halogens is 1. The zero-order valence-corrected chi connectivity index (χ0v) is 10.5. The molecule has 2 N–H and O–H groups in total. The zero-order valence-electron chi connectivity index (χ0n) is 10.5. The average molecular weight is 247 g/mol. The quantitative estimate of drug-likeness (QED) is 0.879. The van der Waals surface area contributed by atoms with Crippen LogP contribution >= 0.6 is 0 Å². The second-order valence-corrected chi connectivity index (χ2v) is 4.66. The highest BCUT2D eigenvalue weighted by Gasteiger charge is 2.06. The summed E-state index contributed by atoms with van der Waals surface area (Å²) in [5, 5.41) is 4.12. The van der Waals surface area contributed by atoms with Crippen LogP contribution in [0.5, 0.6) is 0 Å². The highest BCUT2D eigenvalue weighted by molar-refractivity contribution is 5.17. The molecule has 0 bridgehead atoms. The Labute approximate surface area is 106 Å². The molecule has 0 fully saturated rings. The number of rotatable bonds is 5. The van der Waals surface area contributed by atoms with Crippen molar-refractivity contribution in [1.82, 2.24) is 9.78 Å². The highest BCUT2D eigenvalue weighted by Crippen LogP contribution is 2.09. The van der Waals surface area contributed by atoms with Crippen molar-refractivity contribution in [3.8, 4) is 0 Å². The predicted octanol–water partition coefficient (Wildman–Crippen LogP) is 2.06. The van der Waals surface area contributed by atoms with E-state index in [1.54, 1.807) is 16.8 Å². The molecule has 0 aliphatic heterocycles. The number of aromatic nitrogens is 2. The lowest BCUT2D eigenvalue weighted by atomic mass is 10.0. The fourth-order valence-corrected chi connectivity index (χ4v) is 2.02. The van der Waals surface area contributed by atoms with Crippen molar-refractivity contribution in [3.05, 3.63) is 53.6 Å². The Morgan fingerprint density at radius 2 is 2.22 bits per heavy atom. The first-order chi connectivity index (χ1) is 8.63. The van der Waals surface area contributed by atoms with Gasteiger partial charge in [0.05, 0.1) is 6.20 Å². The third-order valence-corrected chi connectivity index (χ3v) is 2.95. The van der Waals surface area contributed by atoms with Crippen LogP contribution in [0.1, 0.15) is 17.5 Å². The summed E-state index contributed by atoms with van der Waals surface area (Å²) in [7, 11) is 1.90. The van der Waals surface area contributed by atoms with Gasteiger partial charge in [0.15, 0.2) is 0 Å². The van der Waals surface area contributed by atoms with E-state index in [1.807, 2.05) is 25.5 Å². The molecule has 1 aromatic carbocycles. The second-order valence-electron chi connectivity index (χ2n) is 4.66. The number of hydrogen-bond acceptors (Lipinski definition) is 2. The summed E-state index contributed by atoms with van der Waals surface area (Å²) in [6, 6.07) is 6.67. The Morgan fingerprint density at radius 1 is 1.39 bits per heavy atom. The molecule has 18 heavy (non-hydrogen) atoms. The molecular weight excluding hydrogens is 229 g/mol. The summed E-state index contributed by atoms with van der Waals surface area (Å²) in [6.07, 6.45) is 6.34. The van der Waals surface area contributed by atoms with Gasteiger partial charge < -0.3 is 5.73 Å². The molecule has 0 spiro atoms. The van der Waals surface area contributed by atoms with Gasteiger partial charge in [-0.1, -0.05) is 12.1 Å². The highest BCUT2D eigenvalue weighted by atomic mass is 19.1. The van der Waals surface area contributed by atoms with E-state index >= 15 is 0 Å². The Balaban J connectivity index is 1.83. The van der Waals surface area contributed by atoms with Gasteiger partial charge in [-0.05, 0) is 42.5 Å². The van der Waals surface area contributed by atoms with Gasteiger partial charge >= 0.3 is 0 Å². The third kappa shape index (κ3) is 3.67. The van der Waals surface area contributed by atoms with Crippen LogP contribution in [0.25, 0.3) is 0 Å². The Kier molecular flexibility index (Phi) is 4.10. The van der Waals surface area contributed by atoms with E-state index in [4.69, 9.17) is 5.73 Å². The molecule has 0 aliphatic carbocycles. The summed E-state index contributed by atoms with van der Waals surface area (Å²) in [4.78, 5) is 0. The van der Waals surface area contributed by atoms with Gasteiger partial charge in [0.25, 0.3) is 0 Å². The minimum Gasteiger partial charge on any atom is -0.327 e. The van der Waals surface area contributed by atoms with Crippen LogP contribution in [0.2, 0.25) is 0 Å². The molecule has 3 nitrogen and oxygen atoms in total. The van der Waals surface area contributed by atoms with Crippen molar-refractivity contribution < 1.29 is 4.39 Å². The van der Waals surface area contributed by atoms with Crippen molar-refractivity contribution >= 4 is 0 Å². The summed E-state index contributed by atoms with van der Waals surface area (Å²) in [5.41, 5.74) is 8.20. The second kappa shape index (κ2) is 5.78. The minimum absolute atomic E-state index is 0.0482. The molecule has 1 heterocycles. The molecule has 0 radical (unpaired) electrons. The van der Waals surface area contributed by atoms with E-state index in [1.165, 1.54) is 11.6 Å². The average Bonchev–Trinajstić information content (AvgIpc) is 2.73. The summed E-state index contributed by atoms with van der Waals surface area (Å²) in [6.45, 7) is 0. The maximum absolute atomic E-state index is 13.0. The fraction of sp³-hybridized carbons (Fsp3) is 0.357. The summed E-state index contributed by atoms with van der Waals surface area (Å²) < 4.78 is 14.8. The molecule has 2 rings (SSSR count). The topological polar surface area (TPSA) is 43.8 Å². The summed E-state index contributed by atoms with van der Waals surface area (Å²) in [5.74, 6) is -0.202. The van der Waals surface area contributed by atoms with Crippen LogP contribution < -0.4 is 5.73 Å². The predicted molar refractivity (Wildman–Crippen MR) is 69.6 cm³/mol. The Hall–Kier alpha value is -1.68. The van der Waals surface area contributed by atoms with Gasteiger partial charge in [0.1, 0.15) is 5.82 Å². The maximum Gasteiger partial charge on any atom is 0.123 e. The van der Waals surface area contributed by atoms with Crippen LogP contribution in [-0.4, -0.2) is 15.8 Å². The molecule has 96 valence electrons. The minimum atomic E-state index is -0.202. The molecular formula is C14H18FN3. The number of aryl methyl sites for hydroxylation is 2. The van der Waals surface area contributed by atoms with Crippen LogP contribution in [0.15, 0.2) is 36.7 Å². The smallest absolute Gasteiger partial charge is 0.123 e. The summed E-state index contributed by atoms with van der Waals surface area (Å²) >= 11 is 0. The number of hydrogen-bond donors (Lipinski definition) is 1. The van der Waals surface area contributed by atoms with E-state index in [2.05, 4.69) is 5.10 Å². The fourth-order valence-electron chi connectivity index (χ4n) is 2.02. The van der Waals surface area contributed by atoms with Crippen LogP contribution in [0.3, 0.4) is 0 Å². The molecule has 1 unspecified atom stereocenters. The standard InChI is InChI=1S/C14H18FN3/c1-18-10-12(9-17-18)5-6-14(16)8-11-3-2-4-13(15)7-11/h2-4,7,9-10,14H,5-6,8,16H2,1H3. The normalized spacial score (nSPS) is 12.6. The maximum atomic E-state index is 13.0. The zero-order chi connectivity index (χ0) is 13.0. The van der Waals surface area contributed by atoms with Crippen molar-refractivity contribution in [2.24, 2.45) is 12.8 Å². The lowest BCUT2D eigenvalue weighted by Crippen LogP contribution is -2.23. The number of benzene rings is 1. The van der Waals surface area contributed by atoms with Crippen LogP contribution in [-0.2, 0) is 19.9 Å². The number of nitrogens with two attached hydrogens (primary N) is 1. The molecule has 0 saturated heterocycles. The third-order valence-electron chi connectivity index (χ3n) is 2.95. The first kappa shape index (κ1) is 12.8. The molecule has 1 aromatic heterocycles. The molecule has 0 saturated carbocycles. The van der Waals surface area contributed by atoms with Gasteiger partial charge in [-0.25, -0.2) is 4.39 Å². The van der Waals surface area contributed by atoms with Crippen molar-refractivity contribution in [3.63, 3.8) is 0 Å². The van der Waals surface area contributed by atoms with Crippen molar-refractivity contribution in [1.29, 1.82) is 0 Å². The largest absolute Gasteiger partial charge is 0.327 e. The SMILES string of the molecule is Cn1cc(CCC(N)Cc2cccc(F)c2)cn1. The van der Waals surface area contributed by atoms with Gasteiger partial charge in [0, 0.05) is 19.3 Å². The lowest BCUT2D eigenvalue weighted by molar-refractivity contribution is 0.598. The van der Waals surface area contributed by atoms with E-state index in [9.17, 15) is 4.39 Å². The Bertz CT molecular complexity index is 507. The van der Waals surface area contributed by atoms with E-state index in [0.717, 1.165) is 18.4 Å². The van der Waals surface area contributed by atoms with Crippen molar-refractivity contribution in [2.75, 3.05) is 0 Å². The van der Waals surface area contributed by atoms with Crippen LogP contribution in [0, 0.1) is 5.82 Å². The molecule has 2 aromatic rings. The Morgan fingerprint density at radius 3 is 2.89 bits per heavy atom. The molecule has 4 heteroatoms. The molecule has 0 amide bonds. The first-order valence-corrected chi connectivity index (χ1v) is 6.11. The molecule has 0 aliphatic rings. The van der Waals surface area contributed by atoms with Gasteiger partial charge in [-0.15, -0.1) is 0 Å². The van der Waals surface area contributed by atoms with Crippen LogP contribution in [0.4, 0.5) is 4.39 Å². The van der Waals surface area contributed by atoms with E-state index in [-0.39, 0.29) is 11.9 Å². The van der Waals surface area contributed by atoms with E-state index < -0.39 is 0 Å². The van der Waals surface area contributed by atoms with Crippen molar-refractivity contribution in [2.45, 2.75) is 25.3 Å². The lowest BCUT2D eigenvalue weighted by Gasteiger charge is -2.10. The molecule has 1 atom stereocenters. The van der Waals surface area contributed by atoms with E-state index in [0.29, 0.717) is 6.42 Å².